The summed E-state index contributed by atoms with van der Waals surface area (Å²) < 4.78 is 44.1. The maximum atomic E-state index is 13.0. The summed E-state index contributed by atoms with van der Waals surface area (Å²) in [6, 6.07) is 10.3. The molecule has 0 unspecified atom stereocenters. The summed E-state index contributed by atoms with van der Waals surface area (Å²) >= 11 is 0. The summed E-state index contributed by atoms with van der Waals surface area (Å²) in [6.45, 7) is 0. The van der Waals surface area contributed by atoms with Crippen LogP contribution in [0, 0.1) is 0 Å². The Kier molecular flexibility index (Phi) is 4.02. The van der Waals surface area contributed by atoms with E-state index >= 15 is 0 Å². The molecule has 0 amide bonds. The maximum Gasteiger partial charge on any atom is 0.435 e. The van der Waals surface area contributed by atoms with Gasteiger partial charge in [0.2, 0.25) is 0 Å². The van der Waals surface area contributed by atoms with Crippen LogP contribution in [-0.4, -0.2) is 24.0 Å². The summed E-state index contributed by atoms with van der Waals surface area (Å²) in [5.41, 5.74) is -1.05. The number of methoxy groups -OCH3 is 1. The molecule has 6 heteroatoms. The first-order chi connectivity index (χ1) is 9.50. The van der Waals surface area contributed by atoms with Gasteiger partial charge in [0.05, 0.1) is 18.5 Å². The van der Waals surface area contributed by atoms with Crippen LogP contribution < -0.4 is 4.74 Å². The minimum Gasteiger partial charge on any atom is -0.497 e. The van der Waals surface area contributed by atoms with Crippen molar-refractivity contribution in [1.29, 1.82) is 0 Å². The number of hydrogen-bond acceptors (Lipinski definition) is 3. The fourth-order valence-electron chi connectivity index (χ4n) is 1.55. The van der Waals surface area contributed by atoms with E-state index in [1.165, 1.54) is 37.6 Å². The molecule has 0 aliphatic rings. The number of rotatable bonds is 3. The number of nitrogens with zero attached hydrogens (tertiary/aromatic N) is 2. The van der Waals surface area contributed by atoms with Gasteiger partial charge in [0, 0.05) is 6.20 Å². The molecule has 0 saturated carbocycles. The smallest absolute Gasteiger partial charge is 0.435 e. The lowest BCUT2D eigenvalue weighted by Gasteiger charge is -2.10. The highest BCUT2D eigenvalue weighted by atomic mass is 19.4. The highest BCUT2D eigenvalue weighted by Gasteiger charge is 2.37. The number of aromatic nitrogens is 1. The van der Waals surface area contributed by atoms with Crippen molar-refractivity contribution in [2.24, 2.45) is 4.99 Å². The van der Waals surface area contributed by atoms with Gasteiger partial charge in [-0.25, -0.2) is 4.99 Å². The third-order valence-corrected chi connectivity index (χ3v) is 2.49. The van der Waals surface area contributed by atoms with Gasteiger partial charge < -0.3 is 4.74 Å². The molecule has 0 radical (unpaired) electrons. The normalized spacial score (nSPS) is 12.3. The predicted molar refractivity (Wildman–Crippen MR) is 69.5 cm³/mol. The Hall–Kier alpha value is -2.37. The van der Waals surface area contributed by atoms with Gasteiger partial charge in [-0.15, -0.1) is 0 Å². The molecule has 0 spiro atoms. The van der Waals surface area contributed by atoms with E-state index in [1.54, 1.807) is 18.2 Å². The number of ether oxygens (including phenoxy) is 1. The first kappa shape index (κ1) is 14.0. The quantitative estimate of drug-likeness (QED) is 0.802. The average molecular weight is 280 g/mol. The minimum atomic E-state index is -4.58. The highest BCUT2D eigenvalue weighted by Crippen LogP contribution is 2.26. The van der Waals surface area contributed by atoms with E-state index in [4.69, 9.17) is 4.74 Å². The molecule has 3 nitrogen and oxygen atoms in total. The van der Waals surface area contributed by atoms with Gasteiger partial charge in [-0.2, -0.15) is 13.2 Å². The van der Waals surface area contributed by atoms with Gasteiger partial charge >= 0.3 is 6.18 Å². The van der Waals surface area contributed by atoms with E-state index < -0.39 is 11.9 Å². The molecule has 20 heavy (non-hydrogen) atoms. The second-order valence-electron chi connectivity index (χ2n) is 3.87. The maximum absolute atomic E-state index is 13.0. The van der Waals surface area contributed by atoms with E-state index in [2.05, 4.69) is 9.98 Å². The summed E-state index contributed by atoms with van der Waals surface area (Å²) in [4.78, 5) is 7.35. The van der Waals surface area contributed by atoms with Crippen molar-refractivity contribution in [3.8, 4) is 5.75 Å². The third-order valence-electron chi connectivity index (χ3n) is 2.49. The predicted octanol–water partition coefficient (Wildman–Crippen LogP) is 3.77. The molecule has 2 rings (SSSR count). The van der Waals surface area contributed by atoms with Crippen molar-refractivity contribution in [2.75, 3.05) is 7.11 Å². The number of hydrogen-bond donors (Lipinski definition) is 0. The van der Waals surface area contributed by atoms with Crippen molar-refractivity contribution in [3.63, 3.8) is 0 Å². The largest absolute Gasteiger partial charge is 0.497 e. The Bertz CT molecular complexity index is 592. The van der Waals surface area contributed by atoms with Gasteiger partial charge in [0.1, 0.15) is 5.75 Å². The fraction of sp³-hybridized carbons (Fsp3) is 0.143. The molecular weight excluding hydrogens is 269 g/mol. The molecule has 1 aromatic heterocycles. The van der Waals surface area contributed by atoms with Gasteiger partial charge in [-0.05, 0) is 36.4 Å². The van der Waals surface area contributed by atoms with Crippen LogP contribution in [0.1, 0.15) is 5.69 Å². The monoisotopic (exact) mass is 280 g/mol. The van der Waals surface area contributed by atoms with Crippen molar-refractivity contribution in [3.05, 3.63) is 54.4 Å². The van der Waals surface area contributed by atoms with Gasteiger partial charge in [0.25, 0.3) is 0 Å². The zero-order valence-corrected chi connectivity index (χ0v) is 10.6. The Morgan fingerprint density at radius 2 is 1.80 bits per heavy atom. The van der Waals surface area contributed by atoms with Crippen molar-refractivity contribution >= 4 is 11.4 Å². The van der Waals surface area contributed by atoms with E-state index in [0.717, 1.165) is 0 Å². The van der Waals surface area contributed by atoms with Crippen LogP contribution in [0.25, 0.3) is 0 Å². The molecule has 0 aliphatic carbocycles. The molecular formula is C14H11F3N2O. The molecule has 0 N–H and O–H groups in total. The minimum absolute atomic E-state index is 0.184. The number of pyridine rings is 1. The summed E-state index contributed by atoms with van der Waals surface area (Å²) in [5.74, 6) is 0.551. The van der Waals surface area contributed by atoms with Crippen LogP contribution >= 0.6 is 0 Å². The van der Waals surface area contributed by atoms with E-state index in [-0.39, 0.29) is 11.4 Å². The molecule has 1 aromatic carbocycles. The second kappa shape index (κ2) is 5.73. The molecule has 104 valence electrons. The second-order valence-corrected chi connectivity index (χ2v) is 3.87. The lowest BCUT2D eigenvalue weighted by Crippen LogP contribution is -2.24. The number of benzene rings is 1. The average Bonchev–Trinajstić information content (AvgIpc) is 2.45. The number of halogens is 3. The van der Waals surface area contributed by atoms with Crippen LogP contribution in [0.5, 0.6) is 5.75 Å². The standard InChI is InChI=1S/C14H11F3N2O/c1-20-11-7-5-10(6-8-11)19-13(14(15,16)17)12-4-2-3-9-18-12/h2-9H,1H3. The van der Waals surface area contributed by atoms with Gasteiger partial charge in [-0.3, -0.25) is 4.98 Å². The zero-order valence-electron chi connectivity index (χ0n) is 10.6. The molecule has 1 heterocycles. The van der Waals surface area contributed by atoms with E-state index in [9.17, 15) is 13.2 Å². The van der Waals surface area contributed by atoms with Crippen LogP contribution in [0.3, 0.4) is 0 Å². The van der Waals surface area contributed by atoms with E-state index in [0.29, 0.717) is 5.75 Å². The Morgan fingerprint density at radius 3 is 2.30 bits per heavy atom. The first-order valence-electron chi connectivity index (χ1n) is 5.72. The van der Waals surface area contributed by atoms with Crippen LogP contribution in [-0.2, 0) is 0 Å². The fourth-order valence-corrected chi connectivity index (χ4v) is 1.55. The Morgan fingerprint density at radius 1 is 1.10 bits per heavy atom. The van der Waals surface area contributed by atoms with Gasteiger partial charge in [0.15, 0.2) is 5.71 Å². The molecule has 0 atom stereocenters. The summed E-state index contributed by atoms with van der Waals surface area (Å²) in [7, 11) is 1.48. The van der Waals surface area contributed by atoms with Crippen molar-refractivity contribution in [1.82, 2.24) is 4.98 Å². The molecule has 0 aliphatic heterocycles. The van der Waals surface area contributed by atoms with Crippen molar-refractivity contribution in [2.45, 2.75) is 6.18 Å². The van der Waals surface area contributed by atoms with Crippen LogP contribution in [0.15, 0.2) is 53.7 Å². The number of aliphatic imine (C=N–C) groups is 1. The lowest BCUT2D eigenvalue weighted by atomic mass is 10.2. The highest BCUT2D eigenvalue weighted by molar-refractivity contribution is 6.04. The summed E-state index contributed by atoms with van der Waals surface area (Å²) in [6.07, 6.45) is -3.28. The zero-order chi connectivity index (χ0) is 14.6. The molecule has 0 fully saturated rings. The first-order valence-corrected chi connectivity index (χ1v) is 5.72. The van der Waals surface area contributed by atoms with Crippen LogP contribution in [0.2, 0.25) is 0 Å². The topological polar surface area (TPSA) is 34.5 Å². The lowest BCUT2D eigenvalue weighted by molar-refractivity contribution is -0.0581. The molecule has 0 saturated heterocycles. The van der Waals surface area contributed by atoms with Crippen LogP contribution in [0.4, 0.5) is 18.9 Å². The Balaban J connectivity index is 2.43. The summed E-state index contributed by atoms with van der Waals surface area (Å²) in [5, 5.41) is 0. The molecule has 0 bridgehead atoms. The van der Waals surface area contributed by atoms with Gasteiger partial charge in [-0.1, -0.05) is 6.07 Å². The number of alkyl halides is 3. The molecule has 2 aromatic rings. The SMILES string of the molecule is COc1ccc(N=C(c2ccccn2)C(F)(F)F)cc1. The van der Waals surface area contributed by atoms with Crippen molar-refractivity contribution < 1.29 is 17.9 Å². The Labute approximate surface area is 113 Å². The third kappa shape index (κ3) is 3.34. The van der Waals surface area contributed by atoms with E-state index in [1.807, 2.05) is 0 Å².